The lowest BCUT2D eigenvalue weighted by Gasteiger charge is -2.21. The number of thiophene rings is 1. The Morgan fingerprint density at radius 3 is 2.88 bits per heavy atom. The molecule has 1 N–H and O–H groups in total. The summed E-state index contributed by atoms with van der Waals surface area (Å²) in [6, 6.07) is 2.84. The van der Waals surface area contributed by atoms with Crippen LogP contribution in [-0.2, 0) is 11.2 Å². The van der Waals surface area contributed by atoms with Crippen molar-refractivity contribution in [1.29, 1.82) is 0 Å². The normalized spacial score (nSPS) is 14.8. The number of aryl methyl sites for hydroxylation is 1. The highest BCUT2D eigenvalue weighted by atomic mass is 32.1. The highest BCUT2D eigenvalue weighted by Gasteiger charge is 2.12. The van der Waals surface area contributed by atoms with Gasteiger partial charge in [-0.3, -0.25) is 0 Å². The van der Waals surface area contributed by atoms with Gasteiger partial charge in [0, 0.05) is 19.8 Å². The number of hydrogen-bond acceptors (Lipinski definition) is 3. The van der Waals surface area contributed by atoms with E-state index in [0.29, 0.717) is 12.0 Å². The molecule has 0 bridgehead atoms. The third-order valence-corrected chi connectivity index (χ3v) is 3.72. The molecule has 0 saturated carbocycles. The van der Waals surface area contributed by atoms with Crippen LogP contribution < -0.4 is 5.32 Å². The van der Waals surface area contributed by atoms with E-state index in [-0.39, 0.29) is 0 Å². The topological polar surface area (TPSA) is 21.3 Å². The molecule has 3 heteroatoms. The van der Waals surface area contributed by atoms with Crippen molar-refractivity contribution >= 4 is 11.3 Å². The zero-order valence-corrected chi connectivity index (χ0v) is 12.1. The van der Waals surface area contributed by atoms with Crippen molar-refractivity contribution in [3.8, 4) is 0 Å². The third-order valence-electron chi connectivity index (χ3n) is 2.99. The summed E-state index contributed by atoms with van der Waals surface area (Å²) in [6.45, 7) is 6.35. The van der Waals surface area contributed by atoms with E-state index in [4.69, 9.17) is 4.74 Å². The van der Waals surface area contributed by atoms with Crippen LogP contribution >= 0.6 is 11.3 Å². The van der Waals surface area contributed by atoms with Crippen molar-refractivity contribution in [2.75, 3.05) is 20.3 Å². The summed E-state index contributed by atoms with van der Waals surface area (Å²) in [4.78, 5) is 0. The molecule has 0 radical (unpaired) electrons. The smallest absolute Gasteiger partial charge is 0.0488 e. The summed E-state index contributed by atoms with van der Waals surface area (Å²) in [5.41, 5.74) is 1.47. The zero-order valence-electron chi connectivity index (χ0n) is 11.2. The molecule has 1 aromatic heterocycles. The summed E-state index contributed by atoms with van der Waals surface area (Å²) >= 11 is 1.79. The Bertz CT molecular complexity index is 274. The number of rotatable bonds is 9. The van der Waals surface area contributed by atoms with Gasteiger partial charge in [0.05, 0.1) is 0 Å². The fourth-order valence-electron chi connectivity index (χ4n) is 2.21. The van der Waals surface area contributed by atoms with Crippen LogP contribution in [-0.4, -0.2) is 26.3 Å². The standard InChI is InChI=1S/C14H25NOS/c1-4-15-14(9-12(2)10-16-3)6-5-13-7-8-17-11-13/h7-8,11-12,14-15H,4-6,9-10H2,1-3H3. The largest absolute Gasteiger partial charge is 0.384 e. The van der Waals surface area contributed by atoms with Crippen LogP contribution in [0.25, 0.3) is 0 Å². The molecule has 0 aliphatic rings. The van der Waals surface area contributed by atoms with Crippen molar-refractivity contribution in [2.24, 2.45) is 5.92 Å². The van der Waals surface area contributed by atoms with Crippen molar-refractivity contribution < 1.29 is 4.74 Å². The Morgan fingerprint density at radius 2 is 2.29 bits per heavy atom. The summed E-state index contributed by atoms with van der Waals surface area (Å²) in [6.07, 6.45) is 3.60. The van der Waals surface area contributed by atoms with Crippen LogP contribution in [0, 0.1) is 5.92 Å². The number of methoxy groups -OCH3 is 1. The Balaban J connectivity index is 2.31. The average molecular weight is 255 g/mol. The molecule has 98 valence electrons. The molecule has 1 aromatic rings. The lowest BCUT2D eigenvalue weighted by molar-refractivity contribution is 0.148. The summed E-state index contributed by atoms with van der Waals surface area (Å²) in [5.74, 6) is 0.631. The fourth-order valence-corrected chi connectivity index (χ4v) is 2.91. The van der Waals surface area contributed by atoms with E-state index in [0.717, 1.165) is 13.2 Å². The molecule has 0 saturated heterocycles. The molecule has 1 rings (SSSR count). The molecule has 17 heavy (non-hydrogen) atoms. The Hall–Kier alpha value is -0.380. The predicted octanol–water partition coefficient (Wildman–Crippen LogP) is 3.33. The molecule has 0 spiro atoms. The van der Waals surface area contributed by atoms with E-state index in [1.54, 1.807) is 18.4 Å². The molecule has 2 unspecified atom stereocenters. The first-order valence-corrected chi connectivity index (χ1v) is 7.44. The van der Waals surface area contributed by atoms with Gasteiger partial charge in [-0.25, -0.2) is 0 Å². The minimum atomic E-state index is 0.616. The molecule has 1 heterocycles. The van der Waals surface area contributed by atoms with E-state index in [1.807, 2.05) is 0 Å². The summed E-state index contributed by atoms with van der Waals surface area (Å²) in [5, 5.41) is 7.99. The van der Waals surface area contributed by atoms with Gasteiger partial charge in [0.1, 0.15) is 0 Å². The average Bonchev–Trinajstić information content (AvgIpc) is 2.79. The molecular weight excluding hydrogens is 230 g/mol. The number of nitrogens with one attached hydrogen (secondary N) is 1. The minimum absolute atomic E-state index is 0.616. The second-order valence-corrected chi connectivity index (χ2v) is 5.50. The number of ether oxygens (including phenoxy) is 1. The quantitative estimate of drug-likeness (QED) is 0.731. The van der Waals surface area contributed by atoms with Crippen LogP contribution in [0.5, 0.6) is 0 Å². The second kappa shape index (κ2) is 8.67. The molecule has 0 fully saturated rings. The SMILES string of the molecule is CCNC(CCc1ccsc1)CC(C)COC. The van der Waals surface area contributed by atoms with Gasteiger partial charge in [-0.15, -0.1) is 0 Å². The minimum Gasteiger partial charge on any atom is -0.384 e. The Kier molecular flexibility index (Phi) is 7.49. The maximum absolute atomic E-state index is 5.21. The van der Waals surface area contributed by atoms with Gasteiger partial charge >= 0.3 is 0 Å². The van der Waals surface area contributed by atoms with Crippen molar-refractivity contribution in [3.63, 3.8) is 0 Å². The first kappa shape index (κ1) is 14.7. The van der Waals surface area contributed by atoms with Gasteiger partial charge < -0.3 is 10.1 Å². The molecule has 2 nitrogen and oxygen atoms in total. The van der Waals surface area contributed by atoms with Crippen LogP contribution in [0.3, 0.4) is 0 Å². The van der Waals surface area contributed by atoms with E-state index < -0.39 is 0 Å². The summed E-state index contributed by atoms with van der Waals surface area (Å²) < 4.78 is 5.21. The van der Waals surface area contributed by atoms with Gasteiger partial charge in [0.2, 0.25) is 0 Å². The maximum atomic E-state index is 5.21. The van der Waals surface area contributed by atoms with Crippen LogP contribution in [0.1, 0.15) is 32.3 Å². The summed E-state index contributed by atoms with van der Waals surface area (Å²) in [7, 11) is 1.78. The van der Waals surface area contributed by atoms with Crippen molar-refractivity contribution in [1.82, 2.24) is 5.32 Å². The van der Waals surface area contributed by atoms with E-state index in [1.165, 1.54) is 24.8 Å². The highest BCUT2D eigenvalue weighted by Crippen LogP contribution is 2.14. The maximum Gasteiger partial charge on any atom is 0.0488 e. The molecule has 0 aliphatic heterocycles. The van der Waals surface area contributed by atoms with Crippen molar-refractivity contribution in [2.45, 2.75) is 39.2 Å². The second-order valence-electron chi connectivity index (χ2n) is 4.72. The van der Waals surface area contributed by atoms with E-state index >= 15 is 0 Å². The van der Waals surface area contributed by atoms with Crippen molar-refractivity contribution in [3.05, 3.63) is 22.4 Å². The van der Waals surface area contributed by atoms with Gasteiger partial charge in [-0.2, -0.15) is 11.3 Å². The number of hydrogen-bond donors (Lipinski definition) is 1. The Morgan fingerprint density at radius 1 is 1.47 bits per heavy atom. The molecule has 0 aromatic carbocycles. The molecular formula is C14H25NOS. The third kappa shape index (κ3) is 6.20. The zero-order chi connectivity index (χ0) is 12.5. The van der Waals surface area contributed by atoms with E-state index in [2.05, 4.69) is 36.0 Å². The lowest BCUT2D eigenvalue weighted by atomic mass is 9.97. The van der Waals surface area contributed by atoms with Crippen LogP contribution in [0.2, 0.25) is 0 Å². The monoisotopic (exact) mass is 255 g/mol. The van der Waals surface area contributed by atoms with Gasteiger partial charge in [-0.1, -0.05) is 13.8 Å². The van der Waals surface area contributed by atoms with Crippen LogP contribution in [0.4, 0.5) is 0 Å². The fraction of sp³-hybridized carbons (Fsp3) is 0.714. The predicted molar refractivity (Wildman–Crippen MR) is 75.8 cm³/mol. The highest BCUT2D eigenvalue weighted by molar-refractivity contribution is 7.07. The molecule has 2 atom stereocenters. The first-order chi connectivity index (χ1) is 8.26. The van der Waals surface area contributed by atoms with Crippen LogP contribution in [0.15, 0.2) is 16.8 Å². The molecule has 0 amide bonds. The molecule has 0 aliphatic carbocycles. The van der Waals surface area contributed by atoms with E-state index in [9.17, 15) is 0 Å². The first-order valence-electron chi connectivity index (χ1n) is 6.49. The lowest BCUT2D eigenvalue weighted by Crippen LogP contribution is -2.31. The Labute approximate surface area is 109 Å². The van der Waals surface area contributed by atoms with Gasteiger partial charge in [0.25, 0.3) is 0 Å². The van der Waals surface area contributed by atoms with Gasteiger partial charge in [-0.05, 0) is 54.1 Å². The van der Waals surface area contributed by atoms with Gasteiger partial charge in [0.15, 0.2) is 0 Å².